The Labute approximate surface area is 260 Å². The second-order valence-electron chi connectivity index (χ2n) is 13.1. The highest BCUT2D eigenvalue weighted by atomic mass is 16.6. The van der Waals surface area contributed by atoms with Crippen LogP contribution in [0, 0.1) is 33.6 Å². The van der Waals surface area contributed by atoms with E-state index in [9.17, 15) is 19.5 Å². The van der Waals surface area contributed by atoms with Crippen LogP contribution in [0.5, 0.6) is 5.75 Å². The van der Waals surface area contributed by atoms with E-state index in [0.717, 1.165) is 45.5 Å². The molecule has 3 N–H and O–H groups in total. The predicted molar refractivity (Wildman–Crippen MR) is 173 cm³/mol. The molecule has 8 nitrogen and oxygen atoms in total. The fourth-order valence-corrected chi connectivity index (χ4v) is 5.62. The Bertz CT molecular complexity index is 1510. The molecule has 1 saturated carbocycles. The van der Waals surface area contributed by atoms with Gasteiger partial charge in [0.1, 0.15) is 23.4 Å². The first-order chi connectivity index (χ1) is 20.6. The Morgan fingerprint density at radius 2 is 1.57 bits per heavy atom. The normalized spacial score (nSPS) is 17.3. The van der Waals surface area contributed by atoms with Gasteiger partial charge in [-0.3, -0.25) is 9.59 Å². The second kappa shape index (κ2) is 13.1. The lowest BCUT2D eigenvalue weighted by molar-refractivity contribution is -0.141. The molecule has 44 heavy (non-hydrogen) atoms. The van der Waals surface area contributed by atoms with Gasteiger partial charge in [-0.2, -0.15) is 0 Å². The summed E-state index contributed by atoms with van der Waals surface area (Å²) in [5, 5.41) is 15.8. The first-order valence-electron chi connectivity index (χ1n) is 15.2. The van der Waals surface area contributed by atoms with Gasteiger partial charge in [-0.1, -0.05) is 61.0 Å². The van der Waals surface area contributed by atoms with Crippen LogP contribution in [0.15, 0.2) is 60.7 Å². The van der Waals surface area contributed by atoms with Crippen LogP contribution in [0.2, 0.25) is 0 Å². The minimum absolute atomic E-state index is 0.100. The van der Waals surface area contributed by atoms with Crippen molar-refractivity contribution in [3.63, 3.8) is 0 Å². The predicted octanol–water partition coefficient (Wildman–Crippen LogP) is 6.68. The maximum absolute atomic E-state index is 14.8. The van der Waals surface area contributed by atoms with Crippen LogP contribution >= 0.6 is 0 Å². The lowest BCUT2D eigenvalue weighted by Gasteiger charge is -2.36. The number of amides is 3. The summed E-state index contributed by atoms with van der Waals surface area (Å²) in [5.74, 6) is -0.415. The van der Waals surface area contributed by atoms with Crippen LogP contribution in [0.1, 0.15) is 73.5 Å². The number of aromatic hydroxyl groups is 1. The van der Waals surface area contributed by atoms with Crippen molar-refractivity contribution in [1.82, 2.24) is 10.2 Å². The summed E-state index contributed by atoms with van der Waals surface area (Å²) in [6.45, 7) is 15.2. The van der Waals surface area contributed by atoms with E-state index in [-0.39, 0.29) is 35.9 Å². The maximum atomic E-state index is 14.8. The molecule has 4 unspecified atom stereocenters. The van der Waals surface area contributed by atoms with E-state index in [4.69, 9.17) is 4.74 Å². The lowest BCUT2D eigenvalue weighted by atomic mass is 9.95. The quantitative estimate of drug-likeness (QED) is 0.254. The van der Waals surface area contributed by atoms with Crippen LogP contribution in [-0.2, 0) is 20.7 Å². The number of carbonyl (C=O) groups is 3. The number of hydrogen-bond acceptors (Lipinski definition) is 5. The molecule has 3 aromatic carbocycles. The van der Waals surface area contributed by atoms with E-state index < -0.39 is 23.8 Å². The van der Waals surface area contributed by atoms with Crippen molar-refractivity contribution in [2.45, 2.75) is 92.0 Å². The molecule has 234 valence electrons. The van der Waals surface area contributed by atoms with Gasteiger partial charge < -0.3 is 25.4 Å². The molecule has 0 bridgehead atoms. The van der Waals surface area contributed by atoms with Crippen molar-refractivity contribution in [3.05, 3.63) is 94.0 Å². The van der Waals surface area contributed by atoms with Crippen LogP contribution in [-0.4, -0.2) is 45.6 Å². The van der Waals surface area contributed by atoms with Crippen molar-refractivity contribution in [1.29, 1.82) is 0 Å². The number of rotatable bonds is 9. The highest BCUT2D eigenvalue weighted by Crippen LogP contribution is 2.42. The Morgan fingerprint density at radius 1 is 0.955 bits per heavy atom. The maximum Gasteiger partial charge on any atom is 0.408 e. The molecule has 1 fully saturated rings. The molecule has 3 amide bonds. The van der Waals surface area contributed by atoms with Gasteiger partial charge >= 0.3 is 6.09 Å². The average Bonchev–Trinajstić information content (AvgIpc) is 3.64. The van der Waals surface area contributed by atoms with E-state index in [0.29, 0.717) is 0 Å². The number of nitrogens with one attached hydrogen (secondary N) is 2. The van der Waals surface area contributed by atoms with Gasteiger partial charge in [0.15, 0.2) is 0 Å². The molecule has 0 spiro atoms. The zero-order valence-corrected chi connectivity index (χ0v) is 27.0. The third kappa shape index (κ3) is 7.98. The van der Waals surface area contributed by atoms with Crippen LogP contribution in [0.25, 0.3) is 0 Å². The minimum atomic E-state index is -1.02. The smallest absolute Gasteiger partial charge is 0.408 e. The minimum Gasteiger partial charge on any atom is -0.508 e. The van der Waals surface area contributed by atoms with Crippen LogP contribution in [0.3, 0.4) is 0 Å². The number of hydrogen-bond donors (Lipinski definition) is 3. The Morgan fingerprint density at radius 3 is 2.11 bits per heavy atom. The van der Waals surface area contributed by atoms with E-state index in [1.54, 1.807) is 49.9 Å². The topological polar surface area (TPSA) is 108 Å². The lowest BCUT2D eigenvalue weighted by Crippen LogP contribution is -2.54. The molecule has 0 aromatic heterocycles. The standard InChI is InChI=1S/C36H45N3O5/c1-21-12-17-28(24(4)18-21)32(33(41)38-31-22(2)10-9-11-23(31)3)39(30-19-25(30)5)34(42)29(37-35(43)44-36(6,7)8)20-26-13-15-27(40)16-14-26/h9-18,25,29-30,32,40H,19-20H2,1-8H3,(H,37,43)(H,38,41). The van der Waals surface area contributed by atoms with E-state index in [1.165, 1.54) is 0 Å². The molecule has 0 heterocycles. The molecular weight excluding hydrogens is 554 g/mol. The fourth-order valence-electron chi connectivity index (χ4n) is 5.62. The van der Waals surface area contributed by atoms with Gasteiger partial charge in [-0.25, -0.2) is 4.79 Å². The van der Waals surface area contributed by atoms with Crippen molar-refractivity contribution in [2.24, 2.45) is 5.92 Å². The van der Waals surface area contributed by atoms with Gasteiger partial charge in [0.05, 0.1) is 0 Å². The molecule has 0 saturated heterocycles. The summed E-state index contributed by atoms with van der Waals surface area (Å²) < 4.78 is 5.54. The first-order valence-corrected chi connectivity index (χ1v) is 15.2. The Hall–Kier alpha value is -4.33. The summed E-state index contributed by atoms with van der Waals surface area (Å²) in [6, 6.07) is 16.1. The number of carbonyl (C=O) groups excluding carboxylic acids is 3. The summed E-state index contributed by atoms with van der Waals surface area (Å²) in [4.78, 5) is 43.9. The zero-order chi connectivity index (χ0) is 32.3. The van der Waals surface area contributed by atoms with Gasteiger partial charge in [0.25, 0.3) is 5.91 Å². The highest BCUT2D eigenvalue weighted by Gasteiger charge is 2.48. The summed E-state index contributed by atoms with van der Waals surface area (Å²) in [5.41, 5.74) is 5.21. The number of nitrogens with zero attached hydrogens (tertiary/aromatic N) is 1. The third-order valence-electron chi connectivity index (χ3n) is 8.02. The molecule has 1 aliphatic rings. The molecule has 0 radical (unpaired) electrons. The van der Waals surface area contributed by atoms with Gasteiger partial charge in [0.2, 0.25) is 5.91 Å². The molecule has 0 aliphatic heterocycles. The summed E-state index contributed by atoms with van der Waals surface area (Å²) >= 11 is 0. The fraction of sp³-hybridized carbons (Fsp3) is 0.417. The van der Waals surface area contributed by atoms with Crippen LogP contribution in [0.4, 0.5) is 10.5 Å². The van der Waals surface area contributed by atoms with Crippen molar-refractivity contribution < 1.29 is 24.2 Å². The number of phenols is 1. The number of para-hydroxylation sites is 1. The number of ether oxygens (including phenoxy) is 1. The molecular formula is C36H45N3O5. The summed E-state index contributed by atoms with van der Waals surface area (Å²) in [7, 11) is 0. The zero-order valence-electron chi connectivity index (χ0n) is 27.0. The van der Waals surface area contributed by atoms with Gasteiger partial charge in [0, 0.05) is 18.2 Å². The van der Waals surface area contributed by atoms with E-state index in [2.05, 4.69) is 17.6 Å². The van der Waals surface area contributed by atoms with E-state index >= 15 is 0 Å². The molecule has 8 heteroatoms. The second-order valence-corrected chi connectivity index (χ2v) is 13.1. The van der Waals surface area contributed by atoms with Gasteiger partial charge in [-0.15, -0.1) is 0 Å². The molecule has 4 atom stereocenters. The largest absolute Gasteiger partial charge is 0.508 e. The van der Waals surface area contributed by atoms with Crippen molar-refractivity contribution in [3.8, 4) is 5.75 Å². The number of aryl methyl sites for hydroxylation is 4. The molecule has 3 aromatic rings. The first kappa shape index (κ1) is 32.6. The number of anilines is 1. The average molecular weight is 600 g/mol. The SMILES string of the molecule is Cc1ccc(C(C(=O)Nc2c(C)cccc2C)N(C(=O)C(Cc2ccc(O)cc2)NC(=O)OC(C)(C)C)C2CC2C)c(C)c1. The van der Waals surface area contributed by atoms with Crippen molar-refractivity contribution in [2.75, 3.05) is 5.32 Å². The highest BCUT2D eigenvalue weighted by molar-refractivity contribution is 6.00. The third-order valence-corrected chi connectivity index (χ3v) is 8.02. The number of benzene rings is 3. The number of alkyl carbamates (subject to hydrolysis) is 1. The van der Waals surface area contributed by atoms with Gasteiger partial charge in [-0.05, 0) is 101 Å². The summed E-state index contributed by atoms with van der Waals surface area (Å²) in [6.07, 6.45) is 0.164. The Balaban J connectivity index is 1.80. The monoisotopic (exact) mass is 599 g/mol. The van der Waals surface area contributed by atoms with Crippen LogP contribution < -0.4 is 10.6 Å². The number of phenolic OH excluding ortho intramolecular Hbond substituents is 1. The molecule has 4 rings (SSSR count). The molecule has 1 aliphatic carbocycles. The Kier molecular flexibility index (Phi) is 9.72. The van der Waals surface area contributed by atoms with Crippen molar-refractivity contribution >= 4 is 23.6 Å². The van der Waals surface area contributed by atoms with E-state index in [1.807, 2.05) is 64.1 Å².